The summed E-state index contributed by atoms with van der Waals surface area (Å²) in [7, 11) is -1.48. The van der Waals surface area contributed by atoms with E-state index in [1.807, 2.05) is 0 Å². The smallest absolute Gasteiger partial charge is 0.242 e. The van der Waals surface area contributed by atoms with Gasteiger partial charge in [-0.3, -0.25) is 4.57 Å². The summed E-state index contributed by atoms with van der Waals surface area (Å²) in [6.45, 7) is 1.68. The van der Waals surface area contributed by atoms with Crippen molar-refractivity contribution in [3.05, 3.63) is 5.85 Å². The molecule has 2 atom stereocenters. The molecule has 1 aliphatic rings. The summed E-state index contributed by atoms with van der Waals surface area (Å²) in [6, 6.07) is 0. The van der Waals surface area contributed by atoms with E-state index in [1.165, 1.54) is 7.11 Å². The molecule has 0 aromatic heterocycles. The molecule has 1 radical (unpaired) electrons. The maximum Gasteiger partial charge on any atom is 0.242 e. The van der Waals surface area contributed by atoms with Gasteiger partial charge in [0, 0.05) is 7.11 Å². The second kappa shape index (κ2) is 1.56. The van der Waals surface area contributed by atoms with Gasteiger partial charge in [-0.25, -0.2) is 0 Å². The minimum Gasteiger partial charge on any atom is -0.364 e. The van der Waals surface area contributed by atoms with Crippen LogP contribution in [0.25, 0.3) is 0 Å². The molecule has 47 valence electrons. The highest BCUT2D eigenvalue weighted by atomic mass is 31.2. The highest BCUT2D eigenvalue weighted by molar-refractivity contribution is 7.70. The van der Waals surface area contributed by atoms with Crippen LogP contribution in [0.4, 0.5) is 0 Å². The van der Waals surface area contributed by atoms with Crippen LogP contribution >= 0.6 is 7.37 Å². The highest BCUT2D eigenvalue weighted by Crippen LogP contribution is 2.77. The molecule has 8 heavy (non-hydrogen) atoms. The van der Waals surface area contributed by atoms with Crippen molar-refractivity contribution in [2.45, 2.75) is 12.6 Å². The van der Waals surface area contributed by atoms with E-state index in [0.717, 1.165) is 0 Å². The molecule has 1 N–H and O–H groups in total. The first-order chi connectivity index (χ1) is 3.60. The largest absolute Gasteiger partial charge is 0.364 e. The number of hydrogen-bond acceptors (Lipinski definition) is 2. The van der Waals surface area contributed by atoms with E-state index >= 15 is 0 Å². The molecule has 1 saturated heterocycles. The first kappa shape index (κ1) is 6.27. The lowest BCUT2D eigenvalue weighted by Crippen LogP contribution is -1.79. The van der Waals surface area contributed by atoms with Gasteiger partial charge in [-0.1, -0.05) is 0 Å². The molecule has 0 aliphatic carbocycles. The van der Waals surface area contributed by atoms with Crippen LogP contribution in [0.5, 0.6) is 0 Å². The third kappa shape index (κ3) is 0.625. The van der Waals surface area contributed by atoms with Gasteiger partial charge in [-0.05, 0) is 6.92 Å². The summed E-state index contributed by atoms with van der Waals surface area (Å²) in [5, 5.41) is 0. The average Bonchev–Trinajstić information content (AvgIpc) is 2.09. The van der Waals surface area contributed by atoms with Crippen LogP contribution < -0.4 is 0 Å². The Hall–Kier alpha value is 0.150. The molecule has 0 amide bonds. The van der Waals surface area contributed by atoms with Crippen molar-refractivity contribution in [3.8, 4) is 0 Å². The van der Waals surface area contributed by atoms with Crippen LogP contribution in [-0.4, -0.2) is 17.7 Å². The monoisotopic (exact) mass is 135 g/mol. The normalized spacial score (nSPS) is 47.1. The zero-order chi connectivity index (χ0) is 6.36. The van der Waals surface area contributed by atoms with E-state index in [-0.39, 0.29) is 5.66 Å². The fourth-order valence-electron chi connectivity index (χ4n) is 0.660. The van der Waals surface area contributed by atoms with Gasteiger partial charge in [-0.15, -0.1) is 0 Å². The van der Waals surface area contributed by atoms with E-state index in [1.54, 1.807) is 6.92 Å². The SMILES string of the molecule is CO[C]1C(C)P1(=O)O. The third-order valence-corrected chi connectivity index (χ3v) is 3.55. The van der Waals surface area contributed by atoms with Gasteiger partial charge in [0.1, 0.15) is 0 Å². The second-order valence-electron chi connectivity index (χ2n) is 1.84. The van der Waals surface area contributed by atoms with Crippen LogP contribution in [0.1, 0.15) is 6.92 Å². The Morgan fingerprint density at radius 2 is 2.25 bits per heavy atom. The van der Waals surface area contributed by atoms with Crippen LogP contribution in [-0.2, 0) is 9.30 Å². The summed E-state index contributed by atoms with van der Waals surface area (Å²) in [4.78, 5) is 8.75. The van der Waals surface area contributed by atoms with Gasteiger partial charge < -0.3 is 9.63 Å². The zero-order valence-corrected chi connectivity index (χ0v) is 5.68. The van der Waals surface area contributed by atoms with E-state index in [0.29, 0.717) is 5.85 Å². The van der Waals surface area contributed by atoms with Crippen molar-refractivity contribution in [1.82, 2.24) is 0 Å². The number of ether oxygens (including phenoxy) is 1. The predicted octanol–water partition coefficient (Wildman–Crippen LogP) is 0.795. The summed E-state index contributed by atoms with van der Waals surface area (Å²) < 4.78 is 15.2. The minimum atomic E-state index is -2.90. The molecule has 4 heteroatoms. The molecular formula is C4H8O3P. The number of rotatable bonds is 1. The number of hydrogen-bond donors (Lipinski definition) is 1. The van der Waals surface area contributed by atoms with Gasteiger partial charge in [0.2, 0.25) is 7.37 Å². The lowest BCUT2D eigenvalue weighted by molar-refractivity contribution is 0.267. The first-order valence-corrected chi connectivity index (χ1v) is 4.07. The van der Waals surface area contributed by atoms with Gasteiger partial charge in [0.15, 0.2) is 5.85 Å². The Kier molecular flexibility index (Phi) is 1.23. The summed E-state index contributed by atoms with van der Waals surface area (Å²) in [6.07, 6.45) is 0. The van der Waals surface area contributed by atoms with Gasteiger partial charge in [0.05, 0.1) is 5.66 Å². The highest BCUT2D eigenvalue weighted by Gasteiger charge is 2.60. The Bertz CT molecular complexity index is 144. The summed E-state index contributed by atoms with van der Waals surface area (Å²) in [5.41, 5.74) is -0.215. The van der Waals surface area contributed by atoms with E-state index < -0.39 is 7.37 Å². The second-order valence-corrected chi connectivity index (χ2v) is 4.30. The molecule has 1 rings (SSSR count). The van der Waals surface area contributed by atoms with Crippen LogP contribution in [0.3, 0.4) is 0 Å². The Morgan fingerprint density at radius 1 is 1.88 bits per heavy atom. The molecule has 1 heterocycles. The predicted molar refractivity (Wildman–Crippen MR) is 29.5 cm³/mol. The quantitative estimate of drug-likeness (QED) is 0.541. The summed E-state index contributed by atoms with van der Waals surface area (Å²) in [5.74, 6) is 0.359. The average molecular weight is 135 g/mol. The molecule has 1 aliphatic heterocycles. The van der Waals surface area contributed by atoms with Crippen molar-refractivity contribution in [2.24, 2.45) is 0 Å². The molecule has 1 fully saturated rings. The van der Waals surface area contributed by atoms with Gasteiger partial charge in [-0.2, -0.15) is 0 Å². The fraction of sp³-hybridized carbons (Fsp3) is 0.750. The van der Waals surface area contributed by atoms with Crippen molar-refractivity contribution in [1.29, 1.82) is 0 Å². The molecule has 3 nitrogen and oxygen atoms in total. The topological polar surface area (TPSA) is 46.5 Å². The zero-order valence-electron chi connectivity index (χ0n) is 4.79. The first-order valence-electron chi connectivity index (χ1n) is 2.34. The lowest BCUT2D eigenvalue weighted by atomic mass is 10.5. The fourth-order valence-corrected chi connectivity index (χ4v) is 2.04. The van der Waals surface area contributed by atoms with Crippen molar-refractivity contribution in [3.63, 3.8) is 0 Å². The van der Waals surface area contributed by atoms with E-state index in [4.69, 9.17) is 4.89 Å². The molecule has 0 saturated carbocycles. The van der Waals surface area contributed by atoms with Gasteiger partial charge in [0.25, 0.3) is 0 Å². The lowest BCUT2D eigenvalue weighted by Gasteiger charge is -1.83. The summed E-state index contributed by atoms with van der Waals surface area (Å²) >= 11 is 0. The van der Waals surface area contributed by atoms with Crippen LogP contribution in [0, 0.1) is 5.85 Å². The maximum absolute atomic E-state index is 10.6. The third-order valence-electron chi connectivity index (χ3n) is 1.34. The van der Waals surface area contributed by atoms with Gasteiger partial charge >= 0.3 is 0 Å². The maximum atomic E-state index is 10.6. The standard InChI is InChI=1S/C4H8O3P/c1-3-4(7-2)8(3,5)6/h3H,1-2H3,(H,5,6). The molecule has 0 bridgehead atoms. The van der Waals surface area contributed by atoms with E-state index in [9.17, 15) is 4.57 Å². The van der Waals surface area contributed by atoms with Crippen LogP contribution in [0.2, 0.25) is 0 Å². The van der Waals surface area contributed by atoms with E-state index in [2.05, 4.69) is 4.74 Å². The Balaban J connectivity index is 2.59. The molecule has 0 spiro atoms. The van der Waals surface area contributed by atoms with Crippen molar-refractivity contribution >= 4 is 7.37 Å². The molecule has 0 aromatic carbocycles. The molecular weight excluding hydrogens is 127 g/mol. The molecule has 0 aromatic rings. The van der Waals surface area contributed by atoms with Crippen molar-refractivity contribution < 1.29 is 14.2 Å². The Labute approximate surface area is 48.1 Å². The Morgan fingerprint density at radius 3 is 2.25 bits per heavy atom. The molecule has 2 unspecified atom stereocenters. The van der Waals surface area contributed by atoms with Crippen LogP contribution in [0.15, 0.2) is 0 Å². The van der Waals surface area contributed by atoms with Crippen molar-refractivity contribution in [2.75, 3.05) is 7.11 Å². The number of methoxy groups -OCH3 is 1. The minimum absolute atomic E-state index is 0.215.